The summed E-state index contributed by atoms with van der Waals surface area (Å²) in [5, 5.41) is 25.1. The molecule has 2 atom stereocenters. The molecule has 0 aliphatic carbocycles. The lowest BCUT2D eigenvalue weighted by Crippen LogP contribution is -2.18. The normalized spacial score (nSPS) is 13.1. The van der Waals surface area contributed by atoms with E-state index in [4.69, 9.17) is 15.3 Å². The van der Waals surface area contributed by atoms with Crippen LogP contribution in [0.1, 0.15) is 33.6 Å². The van der Waals surface area contributed by atoms with E-state index >= 15 is 0 Å². The number of carboxylic acids is 1. The zero-order valence-corrected chi connectivity index (χ0v) is 9.84. The number of esters is 1. The highest BCUT2D eigenvalue weighted by atomic mass is 16.5. The lowest BCUT2D eigenvalue weighted by Gasteiger charge is -2.01. The van der Waals surface area contributed by atoms with Crippen LogP contribution in [0.4, 0.5) is 0 Å². The smallest absolute Gasteiger partial charge is 0.334 e. The molecule has 6 nitrogen and oxygen atoms in total. The van der Waals surface area contributed by atoms with E-state index in [0.717, 1.165) is 0 Å². The number of aliphatic hydroxyl groups is 2. The van der Waals surface area contributed by atoms with Gasteiger partial charge < -0.3 is 20.1 Å². The molecule has 0 aromatic rings. The first-order valence-electron chi connectivity index (χ1n) is 5.12. The van der Waals surface area contributed by atoms with Gasteiger partial charge in [-0.05, 0) is 20.3 Å². The monoisotopic (exact) mass is 236 g/mol. The van der Waals surface area contributed by atoms with E-state index < -0.39 is 24.1 Å². The number of hydrogen-bond acceptors (Lipinski definition) is 5. The van der Waals surface area contributed by atoms with Crippen molar-refractivity contribution in [3.8, 4) is 0 Å². The summed E-state index contributed by atoms with van der Waals surface area (Å²) < 4.78 is 4.41. The largest absolute Gasteiger partial charge is 0.479 e. The molecule has 2 unspecified atom stereocenters. The Morgan fingerprint density at radius 1 is 1.25 bits per heavy atom. The molecule has 0 saturated carbocycles. The van der Waals surface area contributed by atoms with Gasteiger partial charge >= 0.3 is 11.9 Å². The fourth-order valence-corrected chi connectivity index (χ4v) is 0.660. The van der Waals surface area contributed by atoms with Crippen LogP contribution in [0.25, 0.3) is 0 Å². The Kier molecular flexibility index (Phi) is 11.2. The van der Waals surface area contributed by atoms with Gasteiger partial charge in [-0.25, -0.2) is 9.59 Å². The Balaban J connectivity index is 0. The average molecular weight is 236 g/mol. The number of hydrogen-bond donors (Lipinski definition) is 3. The second kappa shape index (κ2) is 10.4. The third-order valence-electron chi connectivity index (χ3n) is 1.47. The molecule has 0 aliphatic heterocycles. The molecule has 0 bridgehead atoms. The summed E-state index contributed by atoms with van der Waals surface area (Å²) in [5.41, 5.74) is 0. The van der Waals surface area contributed by atoms with E-state index in [-0.39, 0.29) is 0 Å². The fraction of sp³-hybridized carbons (Fsp3) is 0.800. The summed E-state index contributed by atoms with van der Waals surface area (Å²) in [6.45, 7) is 5.22. The lowest BCUT2D eigenvalue weighted by atomic mass is 10.2. The molecule has 0 aromatic heterocycles. The fourth-order valence-electron chi connectivity index (χ4n) is 0.660. The summed E-state index contributed by atoms with van der Waals surface area (Å²) in [7, 11) is 0. The van der Waals surface area contributed by atoms with Gasteiger partial charge in [0, 0.05) is 0 Å². The minimum Gasteiger partial charge on any atom is -0.479 e. The molecular weight excluding hydrogens is 216 g/mol. The molecule has 96 valence electrons. The minimum absolute atomic E-state index is 0.323. The second-order valence-electron chi connectivity index (χ2n) is 3.07. The van der Waals surface area contributed by atoms with Gasteiger partial charge in [0.1, 0.15) is 6.10 Å². The predicted octanol–water partition coefficient (Wildman–Crippen LogP) is 0.162. The number of aliphatic carboxylic acids is 1. The Morgan fingerprint density at radius 2 is 1.75 bits per heavy atom. The van der Waals surface area contributed by atoms with Crippen molar-refractivity contribution in [3.05, 3.63) is 0 Å². The van der Waals surface area contributed by atoms with Gasteiger partial charge in [-0.15, -0.1) is 0 Å². The predicted molar refractivity (Wildman–Crippen MR) is 56.9 cm³/mol. The van der Waals surface area contributed by atoms with E-state index in [0.29, 0.717) is 19.4 Å². The number of carbonyl (C=O) groups is 2. The van der Waals surface area contributed by atoms with E-state index in [9.17, 15) is 9.59 Å². The van der Waals surface area contributed by atoms with E-state index in [2.05, 4.69) is 4.74 Å². The maximum absolute atomic E-state index is 10.3. The van der Waals surface area contributed by atoms with Crippen molar-refractivity contribution in [2.45, 2.75) is 45.8 Å². The highest BCUT2D eigenvalue weighted by Crippen LogP contribution is 1.94. The van der Waals surface area contributed by atoms with Crippen molar-refractivity contribution in [1.29, 1.82) is 0 Å². The highest BCUT2D eigenvalue weighted by molar-refractivity contribution is 5.73. The highest BCUT2D eigenvalue weighted by Gasteiger charge is 2.09. The van der Waals surface area contributed by atoms with Crippen molar-refractivity contribution in [2.24, 2.45) is 0 Å². The van der Waals surface area contributed by atoms with Gasteiger partial charge in [-0.3, -0.25) is 0 Å². The van der Waals surface area contributed by atoms with E-state index in [1.165, 1.54) is 6.92 Å². The maximum Gasteiger partial charge on any atom is 0.334 e. The summed E-state index contributed by atoms with van der Waals surface area (Å²) in [6, 6.07) is 0. The van der Waals surface area contributed by atoms with Crippen LogP contribution in [-0.4, -0.2) is 46.1 Å². The molecule has 0 saturated heterocycles. The lowest BCUT2D eigenvalue weighted by molar-refractivity contribution is -0.152. The summed E-state index contributed by atoms with van der Waals surface area (Å²) in [5.74, 6) is -1.70. The van der Waals surface area contributed by atoms with Crippen molar-refractivity contribution >= 4 is 11.9 Å². The van der Waals surface area contributed by atoms with Crippen LogP contribution in [0.15, 0.2) is 0 Å². The Morgan fingerprint density at radius 3 is 1.88 bits per heavy atom. The standard InChI is InChI=1S/2C5H10O3/c1-3-8-5(7)4(2)6;1-2-3-4(6)5(7)8/h4,6H,3H2,1-2H3;4,6H,2-3H2,1H3,(H,7,8). The number of carboxylic acid groups (broad SMARTS) is 1. The maximum atomic E-state index is 10.3. The van der Waals surface area contributed by atoms with Gasteiger partial charge in [0.25, 0.3) is 0 Å². The van der Waals surface area contributed by atoms with Crippen LogP contribution in [0.3, 0.4) is 0 Å². The molecule has 0 heterocycles. The molecule has 3 N–H and O–H groups in total. The molecule has 0 spiro atoms. The van der Waals surface area contributed by atoms with Gasteiger partial charge in [-0.1, -0.05) is 13.3 Å². The number of carbonyl (C=O) groups excluding carboxylic acids is 1. The molecular formula is C10H20O6. The van der Waals surface area contributed by atoms with Crippen molar-refractivity contribution in [3.63, 3.8) is 0 Å². The Labute approximate surface area is 94.8 Å². The van der Waals surface area contributed by atoms with Crippen LogP contribution in [0.2, 0.25) is 0 Å². The van der Waals surface area contributed by atoms with Gasteiger partial charge in [0.2, 0.25) is 0 Å². The molecule has 0 aliphatic rings. The second-order valence-corrected chi connectivity index (χ2v) is 3.07. The quantitative estimate of drug-likeness (QED) is 0.587. The van der Waals surface area contributed by atoms with E-state index in [1.807, 2.05) is 6.92 Å². The summed E-state index contributed by atoms with van der Waals surface area (Å²) in [6.07, 6.45) is -1.11. The van der Waals surface area contributed by atoms with Gasteiger partial charge in [-0.2, -0.15) is 0 Å². The topological polar surface area (TPSA) is 104 Å². The molecule has 0 radical (unpaired) electrons. The number of rotatable bonds is 5. The molecule has 0 aromatic carbocycles. The summed E-state index contributed by atoms with van der Waals surface area (Å²) >= 11 is 0. The molecule has 0 amide bonds. The molecule has 6 heteroatoms. The van der Waals surface area contributed by atoms with Gasteiger partial charge in [0.05, 0.1) is 6.61 Å². The third-order valence-corrected chi connectivity index (χ3v) is 1.47. The SMILES string of the molecule is CCCC(O)C(=O)O.CCOC(=O)C(C)O. The van der Waals surface area contributed by atoms with Crippen LogP contribution in [-0.2, 0) is 14.3 Å². The number of ether oxygens (including phenoxy) is 1. The van der Waals surface area contributed by atoms with Crippen LogP contribution in [0, 0.1) is 0 Å². The zero-order valence-electron chi connectivity index (χ0n) is 9.84. The van der Waals surface area contributed by atoms with Crippen LogP contribution >= 0.6 is 0 Å². The zero-order chi connectivity index (χ0) is 13.1. The first-order chi connectivity index (χ1) is 7.36. The summed E-state index contributed by atoms with van der Waals surface area (Å²) in [4.78, 5) is 20.1. The average Bonchev–Trinajstić information content (AvgIpc) is 2.19. The third kappa shape index (κ3) is 10.9. The first-order valence-corrected chi connectivity index (χ1v) is 5.12. The number of aliphatic hydroxyl groups excluding tert-OH is 2. The minimum atomic E-state index is -1.17. The molecule has 16 heavy (non-hydrogen) atoms. The van der Waals surface area contributed by atoms with Crippen LogP contribution in [0.5, 0.6) is 0 Å². The Bertz CT molecular complexity index is 201. The molecule has 0 rings (SSSR count). The van der Waals surface area contributed by atoms with Crippen LogP contribution < -0.4 is 0 Å². The van der Waals surface area contributed by atoms with Crippen molar-refractivity contribution in [2.75, 3.05) is 6.61 Å². The van der Waals surface area contributed by atoms with Crippen molar-refractivity contribution < 1.29 is 29.6 Å². The Hall–Kier alpha value is -1.14. The van der Waals surface area contributed by atoms with E-state index in [1.54, 1.807) is 6.92 Å². The first kappa shape index (κ1) is 17.3. The van der Waals surface area contributed by atoms with Gasteiger partial charge in [0.15, 0.2) is 6.10 Å². The molecule has 0 fully saturated rings. The van der Waals surface area contributed by atoms with Crippen molar-refractivity contribution in [1.82, 2.24) is 0 Å².